The first-order valence-corrected chi connectivity index (χ1v) is 4.65. The third-order valence-corrected chi connectivity index (χ3v) is 2.37. The van der Waals surface area contributed by atoms with Crippen molar-refractivity contribution in [3.63, 3.8) is 0 Å². The number of aromatic nitrogens is 2. The largest absolute Gasteiger partial charge is 0.369 e. The second kappa shape index (κ2) is 2.96. The Kier molecular flexibility index (Phi) is 1.64. The van der Waals surface area contributed by atoms with Crippen molar-refractivity contribution in [2.45, 2.75) is 6.61 Å². The minimum absolute atomic E-state index is 0.585. The van der Waals surface area contributed by atoms with E-state index in [0.717, 1.165) is 16.9 Å². The number of hydrogen-bond donors (Lipinski definition) is 0. The van der Waals surface area contributed by atoms with Crippen molar-refractivity contribution in [2.75, 3.05) is 6.61 Å². The zero-order valence-electron chi connectivity index (χ0n) is 7.68. The second-order valence-electron chi connectivity index (χ2n) is 3.29. The van der Waals surface area contributed by atoms with E-state index >= 15 is 0 Å². The Balaban J connectivity index is 2.34. The van der Waals surface area contributed by atoms with Crippen molar-refractivity contribution in [3.8, 4) is 0 Å². The third-order valence-electron chi connectivity index (χ3n) is 2.37. The number of fused-ring (bicyclic) bond motifs is 3. The van der Waals surface area contributed by atoms with Crippen LogP contribution < -0.4 is 0 Å². The second-order valence-corrected chi connectivity index (χ2v) is 3.29. The van der Waals surface area contributed by atoms with Gasteiger partial charge in [-0.25, -0.2) is 4.98 Å². The Morgan fingerprint density at radius 1 is 1.29 bits per heavy atom. The van der Waals surface area contributed by atoms with Crippen LogP contribution in [0.2, 0.25) is 0 Å². The van der Waals surface area contributed by atoms with Gasteiger partial charge in [-0.05, 0) is 18.2 Å². The Morgan fingerprint density at radius 2 is 2.21 bits per heavy atom. The first kappa shape index (κ1) is 7.76. The van der Waals surface area contributed by atoms with Crippen molar-refractivity contribution in [1.82, 2.24) is 9.55 Å². The standard InChI is InChI=1S/C11H10N2O/c1-2-5-10-9(4-1)12-11-8-14-7-3-6-13(10)11/h1-6H,7-8H2. The fraction of sp³-hybridized carbons (Fsp3) is 0.182. The quantitative estimate of drug-likeness (QED) is 0.629. The molecule has 1 aromatic carbocycles. The molecule has 0 bridgehead atoms. The maximum atomic E-state index is 5.38. The molecule has 0 saturated carbocycles. The van der Waals surface area contributed by atoms with E-state index in [4.69, 9.17) is 4.74 Å². The Bertz CT molecular complexity index is 499. The Morgan fingerprint density at radius 3 is 3.21 bits per heavy atom. The molecule has 0 radical (unpaired) electrons. The summed E-state index contributed by atoms with van der Waals surface area (Å²) < 4.78 is 7.47. The predicted molar refractivity (Wildman–Crippen MR) is 54.7 cm³/mol. The van der Waals surface area contributed by atoms with Gasteiger partial charge >= 0.3 is 0 Å². The lowest BCUT2D eigenvalue weighted by molar-refractivity contribution is 0.145. The van der Waals surface area contributed by atoms with Gasteiger partial charge < -0.3 is 9.30 Å². The number of ether oxygens (including phenoxy) is 1. The molecule has 0 saturated heterocycles. The van der Waals surface area contributed by atoms with Gasteiger partial charge in [0.1, 0.15) is 12.4 Å². The number of para-hydroxylation sites is 2. The lowest BCUT2D eigenvalue weighted by Crippen LogP contribution is -1.96. The SMILES string of the molecule is C1=Cn2c(nc3ccccc32)COC1. The number of hydrogen-bond acceptors (Lipinski definition) is 2. The molecule has 14 heavy (non-hydrogen) atoms. The van der Waals surface area contributed by atoms with Crippen molar-refractivity contribution in [3.05, 3.63) is 36.2 Å². The summed E-state index contributed by atoms with van der Waals surface area (Å²) in [4.78, 5) is 4.50. The van der Waals surface area contributed by atoms with Crippen LogP contribution in [-0.4, -0.2) is 16.2 Å². The number of imidazole rings is 1. The van der Waals surface area contributed by atoms with E-state index in [1.807, 2.05) is 30.5 Å². The molecule has 2 aromatic rings. The fourth-order valence-electron chi connectivity index (χ4n) is 1.73. The molecule has 2 heterocycles. The maximum Gasteiger partial charge on any atom is 0.140 e. The van der Waals surface area contributed by atoms with Crippen LogP contribution in [-0.2, 0) is 11.3 Å². The van der Waals surface area contributed by atoms with Crippen molar-refractivity contribution in [2.24, 2.45) is 0 Å². The highest BCUT2D eigenvalue weighted by Crippen LogP contribution is 2.18. The van der Waals surface area contributed by atoms with Crippen LogP contribution in [0.1, 0.15) is 5.82 Å². The normalized spacial score (nSPS) is 15.4. The molecule has 0 amide bonds. The molecule has 0 atom stereocenters. The summed E-state index contributed by atoms with van der Waals surface area (Å²) in [5.41, 5.74) is 2.17. The first-order chi connectivity index (χ1) is 6.95. The van der Waals surface area contributed by atoms with Crippen molar-refractivity contribution < 1.29 is 4.74 Å². The fourth-order valence-corrected chi connectivity index (χ4v) is 1.73. The maximum absolute atomic E-state index is 5.38. The van der Waals surface area contributed by atoms with Crippen LogP contribution in [0.5, 0.6) is 0 Å². The molecule has 0 unspecified atom stereocenters. The van der Waals surface area contributed by atoms with E-state index < -0.39 is 0 Å². The molecule has 0 aliphatic carbocycles. The van der Waals surface area contributed by atoms with Crippen LogP contribution >= 0.6 is 0 Å². The van der Waals surface area contributed by atoms with E-state index in [9.17, 15) is 0 Å². The molecule has 0 spiro atoms. The van der Waals surface area contributed by atoms with E-state index in [1.165, 1.54) is 0 Å². The van der Waals surface area contributed by atoms with E-state index in [0.29, 0.717) is 13.2 Å². The molecule has 0 fully saturated rings. The zero-order chi connectivity index (χ0) is 9.38. The topological polar surface area (TPSA) is 27.1 Å². The van der Waals surface area contributed by atoms with Gasteiger partial charge in [0, 0.05) is 6.20 Å². The van der Waals surface area contributed by atoms with Gasteiger partial charge in [-0.2, -0.15) is 0 Å². The summed E-state index contributed by atoms with van der Waals surface area (Å²) in [7, 11) is 0. The summed E-state index contributed by atoms with van der Waals surface area (Å²) in [6.45, 7) is 1.25. The minimum Gasteiger partial charge on any atom is -0.369 e. The average Bonchev–Trinajstić information content (AvgIpc) is 2.42. The van der Waals surface area contributed by atoms with E-state index in [2.05, 4.69) is 15.6 Å². The van der Waals surface area contributed by atoms with Gasteiger partial charge in [0.15, 0.2) is 0 Å². The van der Waals surface area contributed by atoms with E-state index in [-0.39, 0.29) is 0 Å². The van der Waals surface area contributed by atoms with Crippen molar-refractivity contribution in [1.29, 1.82) is 0 Å². The first-order valence-electron chi connectivity index (χ1n) is 4.65. The van der Waals surface area contributed by atoms with E-state index in [1.54, 1.807) is 0 Å². The summed E-state index contributed by atoms with van der Waals surface area (Å²) in [5.74, 6) is 0.972. The zero-order valence-corrected chi connectivity index (χ0v) is 7.68. The number of rotatable bonds is 0. The number of nitrogens with zero attached hydrogens (tertiary/aromatic N) is 2. The molecule has 3 nitrogen and oxygen atoms in total. The average molecular weight is 186 g/mol. The van der Waals surface area contributed by atoms with Gasteiger partial charge in [0.25, 0.3) is 0 Å². The molecule has 1 aromatic heterocycles. The summed E-state index contributed by atoms with van der Waals surface area (Å²) >= 11 is 0. The monoisotopic (exact) mass is 186 g/mol. The Hall–Kier alpha value is -1.61. The highest BCUT2D eigenvalue weighted by Gasteiger charge is 2.09. The molecule has 1 aliphatic rings. The number of benzene rings is 1. The molecule has 1 aliphatic heterocycles. The van der Waals surface area contributed by atoms with Gasteiger partial charge in [-0.15, -0.1) is 0 Å². The van der Waals surface area contributed by atoms with Crippen LogP contribution in [0.25, 0.3) is 17.2 Å². The molecule has 0 N–H and O–H groups in total. The molecular formula is C11H10N2O. The third kappa shape index (κ3) is 1.06. The molecule has 3 rings (SSSR count). The van der Waals surface area contributed by atoms with Gasteiger partial charge in [-0.1, -0.05) is 12.1 Å². The van der Waals surface area contributed by atoms with Crippen LogP contribution in [0.15, 0.2) is 30.3 Å². The summed E-state index contributed by atoms with van der Waals surface area (Å²) in [5, 5.41) is 0. The molecule has 3 heteroatoms. The highest BCUT2D eigenvalue weighted by molar-refractivity contribution is 5.78. The van der Waals surface area contributed by atoms with Gasteiger partial charge in [0.05, 0.1) is 17.6 Å². The molecular weight excluding hydrogens is 176 g/mol. The predicted octanol–water partition coefficient (Wildman–Crippen LogP) is 2.04. The van der Waals surface area contributed by atoms with Crippen molar-refractivity contribution >= 4 is 17.2 Å². The smallest absolute Gasteiger partial charge is 0.140 e. The minimum atomic E-state index is 0.585. The highest BCUT2D eigenvalue weighted by atomic mass is 16.5. The Labute approximate surface area is 81.6 Å². The van der Waals surface area contributed by atoms with Crippen LogP contribution in [0.4, 0.5) is 0 Å². The van der Waals surface area contributed by atoms with Gasteiger partial charge in [-0.3, -0.25) is 0 Å². The summed E-state index contributed by atoms with van der Waals surface area (Å²) in [6, 6.07) is 8.11. The van der Waals surface area contributed by atoms with Crippen LogP contribution in [0, 0.1) is 0 Å². The van der Waals surface area contributed by atoms with Crippen LogP contribution in [0.3, 0.4) is 0 Å². The van der Waals surface area contributed by atoms with Gasteiger partial charge in [0.2, 0.25) is 0 Å². The lowest BCUT2D eigenvalue weighted by Gasteiger charge is -1.98. The summed E-state index contributed by atoms with van der Waals surface area (Å²) in [6.07, 6.45) is 4.03. The lowest BCUT2D eigenvalue weighted by atomic mass is 10.3. The molecule has 70 valence electrons.